The van der Waals surface area contributed by atoms with Crippen LogP contribution in [0.15, 0.2) is 27.8 Å². The number of benzene rings is 1. The van der Waals surface area contributed by atoms with Crippen molar-refractivity contribution in [1.29, 1.82) is 0 Å². The zero-order chi connectivity index (χ0) is 12.4. The number of aromatic nitrogens is 2. The Morgan fingerprint density at radius 1 is 1.24 bits per heavy atom. The first-order valence-corrected chi connectivity index (χ1v) is 5.21. The Morgan fingerprint density at radius 3 is 2.59 bits per heavy atom. The average Bonchev–Trinajstić information content (AvgIpc) is 2.70. The molecule has 0 aliphatic rings. The molecule has 0 radical (unpaired) electrons. The molecule has 0 unspecified atom stereocenters. The van der Waals surface area contributed by atoms with Crippen molar-refractivity contribution in [2.24, 2.45) is 10.7 Å². The lowest BCUT2D eigenvalue weighted by Crippen LogP contribution is -2.15. The molecule has 2 aromatic rings. The molecule has 0 fully saturated rings. The van der Waals surface area contributed by atoms with Crippen LogP contribution < -0.4 is 11.5 Å². The highest BCUT2D eigenvalue weighted by Gasteiger charge is 2.10. The third-order valence-corrected chi connectivity index (χ3v) is 2.65. The van der Waals surface area contributed by atoms with Crippen molar-refractivity contribution in [1.82, 2.24) is 10.3 Å². The van der Waals surface area contributed by atoms with Gasteiger partial charge < -0.3 is 11.5 Å². The van der Waals surface area contributed by atoms with Gasteiger partial charge in [-0.05, 0) is 28.5 Å². The van der Waals surface area contributed by atoms with Crippen LogP contribution >= 0.6 is 23.2 Å². The van der Waals surface area contributed by atoms with E-state index < -0.39 is 0 Å². The van der Waals surface area contributed by atoms with Crippen LogP contribution in [0.25, 0.3) is 0 Å². The first kappa shape index (κ1) is 11.7. The lowest BCUT2D eigenvalue weighted by Gasteiger charge is -1.99. The lowest BCUT2D eigenvalue weighted by molar-refractivity contribution is 0.308. The summed E-state index contributed by atoms with van der Waals surface area (Å²) in [5.41, 5.74) is 11.9. The van der Waals surface area contributed by atoms with E-state index in [0.717, 1.165) is 0 Å². The topological polar surface area (TPSA) is 103 Å². The number of nitrogens with zero attached hydrogens (tertiary/aromatic N) is 3. The maximum absolute atomic E-state index is 5.84. The minimum Gasteiger partial charge on any atom is -0.382 e. The Hall–Kier alpha value is -1.79. The summed E-state index contributed by atoms with van der Waals surface area (Å²) in [5.74, 6) is 0.161. The fraction of sp³-hybridized carbons (Fsp3) is 0. The highest BCUT2D eigenvalue weighted by molar-refractivity contribution is 6.42. The molecule has 0 amide bonds. The number of rotatable bonds is 2. The number of anilines is 1. The second kappa shape index (κ2) is 4.60. The third kappa shape index (κ3) is 2.48. The maximum atomic E-state index is 5.84. The predicted octanol–water partition coefficient (Wildman–Crippen LogP) is 2.00. The summed E-state index contributed by atoms with van der Waals surface area (Å²) in [4.78, 5) is 4.07. The molecule has 1 aromatic carbocycles. The van der Waals surface area contributed by atoms with Gasteiger partial charge in [-0.25, -0.2) is 9.62 Å². The predicted molar refractivity (Wildman–Crippen MR) is 65.6 cm³/mol. The minimum absolute atomic E-state index is 0.0753. The lowest BCUT2D eigenvalue weighted by atomic mass is 10.3. The second-order valence-electron chi connectivity index (χ2n) is 3.09. The molecule has 88 valence electrons. The Bertz CT molecular complexity index is 581. The second-order valence-corrected chi connectivity index (χ2v) is 3.91. The van der Waals surface area contributed by atoms with Gasteiger partial charge in [-0.3, -0.25) is 0 Å². The molecular weight excluding hydrogens is 265 g/mol. The van der Waals surface area contributed by atoms with E-state index in [2.05, 4.69) is 19.9 Å². The zero-order valence-electron chi connectivity index (χ0n) is 8.39. The number of hydrogen-bond acceptors (Lipinski definition) is 5. The fourth-order valence-electron chi connectivity index (χ4n) is 1.12. The molecule has 0 spiro atoms. The van der Waals surface area contributed by atoms with Crippen LogP contribution in [0.2, 0.25) is 10.0 Å². The average molecular weight is 272 g/mol. The number of aliphatic imine (C=N–C) groups is 1. The van der Waals surface area contributed by atoms with Gasteiger partial charge in [0.05, 0.1) is 15.7 Å². The molecule has 1 heterocycles. The van der Waals surface area contributed by atoms with Crippen LogP contribution in [0.5, 0.6) is 0 Å². The molecule has 6 nitrogen and oxygen atoms in total. The molecule has 2 rings (SSSR count). The number of nitrogens with two attached hydrogens (primary N) is 2. The van der Waals surface area contributed by atoms with Gasteiger partial charge in [0.2, 0.25) is 0 Å². The van der Waals surface area contributed by atoms with Gasteiger partial charge in [-0.2, -0.15) is 0 Å². The zero-order valence-corrected chi connectivity index (χ0v) is 9.90. The van der Waals surface area contributed by atoms with Crippen molar-refractivity contribution in [3.05, 3.63) is 33.9 Å². The van der Waals surface area contributed by atoms with E-state index in [1.807, 2.05) is 0 Å². The van der Waals surface area contributed by atoms with Crippen molar-refractivity contribution in [3.8, 4) is 0 Å². The molecule has 1 aromatic heterocycles. The molecule has 0 saturated carbocycles. The van der Waals surface area contributed by atoms with Crippen LogP contribution in [0, 0.1) is 0 Å². The molecule has 17 heavy (non-hydrogen) atoms. The van der Waals surface area contributed by atoms with Crippen LogP contribution in [0.3, 0.4) is 0 Å². The van der Waals surface area contributed by atoms with Gasteiger partial charge in [-0.1, -0.05) is 23.2 Å². The SMILES string of the molecule is NC(=Nc1ccc(Cl)c(Cl)c1)c1nonc1N. The molecular formula is C9H7Cl2N5O. The van der Waals surface area contributed by atoms with Crippen molar-refractivity contribution in [2.75, 3.05) is 5.73 Å². The van der Waals surface area contributed by atoms with Crippen LogP contribution in [-0.4, -0.2) is 16.1 Å². The summed E-state index contributed by atoms with van der Waals surface area (Å²) < 4.78 is 4.41. The maximum Gasteiger partial charge on any atom is 0.199 e. The summed E-state index contributed by atoms with van der Waals surface area (Å²) >= 11 is 11.6. The molecule has 0 aliphatic heterocycles. The number of hydrogen-bond donors (Lipinski definition) is 2. The van der Waals surface area contributed by atoms with Gasteiger partial charge in [0, 0.05) is 0 Å². The van der Waals surface area contributed by atoms with E-state index in [1.54, 1.807) is 18.2 Å². The minimum atomic E-state index is 0.0753. The Kier molecular flexibility index (Phi) is 3.16. The van der Waals surface area contributed by atoms with E-state index in [-0.39, 0.29) is 17.3 Å². The largest absolute Gasteiger partial charge is 0.382 e. The van der Waals surface area contributed by atoms with E-state index in [1.165, 1.54) is 0 Å². The Labute approximate surface area is 106 Å². The van der Waals surface area contributed by atoms with E-state index >= 15 is 0 Å². The van der Waals surface area contributed by atoms with Crippen molar-refractivity contribution < 1.29 is 4.63 Å². The van der Waals surface area contributed by atoms with Gasteiger partial charge in [-0.15, -0.1) is 0 Å². The number of amidine groups is 1. The summed E-state index contributed by atoms with van der Waals surface area (Å²) in [6, 6.07) is 4.84. The first-order valence-electron chi connectivity index (χ1n) is 4.45. The van der Waals surface area contributed by atoms with Gasteiger partial charge in [0.15, 0.2) is 17.3 Å². The van der Waals surface area contributed by atoms with Crippen LogP contribution in [0.4, 0.5) is 11.5 Å². The monoisotopic (exact) mass is 271 g/mol. The van der Waals surface area contributed by atoms with E-state index in [0.29, 0.717) is 15.7 Å². The van der Waals surface area contributed by atoms with E-state index in [4.69, 9.17) is 34.7 Å². The summed E-state index contributed by atoms with van der Waals surface area (Å²) in [5, 5.41) is 7.74. The fourth-order valence-corrected chi connectivity index (χ4v) is 1.41. The highest BCUT2D eigenvalue weighted by Crippen LogP contribution is 2.26. The Balaban J connectivity index is 2.36. The molecule has 0 atom stereocenters. The van der Waals surface area contributed by atoms with Crippen molar-refractivity contribution in [2.45, 2.75) is 0 Å². The molecule has 4 N–H and O–H groups in total. The van der Waals surface area contributed by atoms with Crippen LogP contribution in [0.1, 0.15) is 5.69 Å². The molecule has 8 heteroatoms. The van der Waals surface area contributed by atoms with Crippen LogP contribution in [-0.2, 0) is 0 Å². The summed E-state index contributed by atoms with van der Waals surface area (Å²) in [6.45, 7) is 0. The van der Waals surface area contributed by atoms with E-state index in [9.17, 15) is 0 Å². The summed E-state index contributed by atoms with van der Waals surface area (Å²) in [6.07, 6.45) is 0. The molecule has 0 saturated heterocycles. The number of nitrogen functional groups attached to an aromatic ring is 1. The first-order chi connectivity index (χ1) is 8.08. The number of halogens is 2. The summed E-state index contributed by atoms with van der Waals surface area (Å²) in [7, 11) is 0. The Morgan fingerprint density at radius 2 is 2.00 bits per heavy atom. The quantitative estimate of drug-likeness (QED) is 0.642. The molecule has 0 aliphatic carbocycles. The highest BCUT2D eigenvalue weighted by atomic mass is 35.5. The normalized spacial score (nSPS) is 11.8. The van der Waals surface area contributed by atoms with Crippen molar-refractivity contribution in [3.63, 3.8) is 0 Å². The van der Waals surface area contributed by atoms with Gasteiger partial charge in [0.1, 0.15) is 0 Å². The van der Waals surface area contributed by atoms with Crippen molar-refractivity contribution >= 4 is 40.5 Å². The van der Waals surface area contributed by atoms with Gasteiger partial charge in [0.25, 0.3) is 0 Å². The van der Waals surface area contributed by atoms with Gasteiger partial charge >= 0.3 is 0 Å². The third-order valence-electron chi connectivity index (χ3n) is 1.91. The molecule has 0 bridgehead atoms. The smallest absolute Gasteiger partial charge is 0.199 e. The standard InChI is InChI=1S/C9H7Cl2N5O/c10-5-2-1-4(3-6(5)11)14-8(12)7-9(13)16-17-15-7/h1-3H,(H2,12,14)(H2,13,16).